The molecule has 0 bridgehead atoms. The fraction of sp³-hybridized carbons (Fsp3) is 0.0417. The van der Waals surface area contributed by atoms with Crippen molar-refractivity contribution in [2.45, 2.75) is 5.88 Å². The Hall–Kier alpha value is -3.70. The molecule has 0 amide bonds. The first-order valence-corrected chi connectivity index (χ1v) is 10.1. The number of allylic oxidation sites excluding steroid dienone is 2. The van der Waals surface area contributed by atoms with E-state index in [4.69, 9.17) is 27.7 Å². The molecule has 1 aliphatic carbocycles. The van der Waals surface area contributed by atoms with Gasteiger partial charge in [-0.3, -0.25) is 10.3 Å². The molecular weight excluding hydrogens is 394 g/mol. The number of hydrogen-bond donors (Lipinski definition) is 2. The van der Waals surface area contributed by atoms with Gasteiger partial charge in [0.25, 0.3) is 0 Å². The summed E-state index contributed by atoms with van der Waals surface area (Å²) in [5.74, 6) is 1.68. The number of anilines is 2. The van der Waals surface area contributed by atoms with Gasteiger partial charge in [0.1, 0.15) is 11.5 Å². The number of amidine groups is 2. The lowest BCUT2D eigenvalue weighted by molar-refractivity contribution is 1.30. The Bertz CT molecular complexity index is 1230. The third-order valence-corrected chi connectivity index (χ3v) is 5.49. The van der Waals surface area contributed by atoms with Gasteiger partial charge in [-0.15, -0.1) is 11.6 Å². The molecule has 2 heterocycles. The zero-order chi connectivity index (χ0) is 20.7. The van der Waals surface area contributed by atoms with Crippen molar-refractivity contribution in [3.05, 3.63) is 107 Å². The predicted molar refractivity (Wildman–Crippen MR) is 123 cm³/mol. The van der Waals surface area contributed by atoms with Crippen molar-refractivity contribution in [3.63, 3.8) is 0 Å². The fourth-order valence-corrected chi connectivity index (χ4v) is 3.74. The van der Waals surface area contributed by atoms with E-state index in [1.54, 1.807) is 11.1 Å². The van der Waals surface area contributed by atoms with Gasteiger partial charge in [0.2, 0.25) is 0 Å². The van der Waals surface area contributed by atoms with Gasteiger partial charge >= 0.3 is 0 Å². The molecule has 0 fully saturated rings. The Morgan fingerprint density at radius 2 is 1.63 bits per heavy atom. The van der Waals surface area contributed by atoms with Crippen LogP contribution in [-0.2, 0) is 5.88 Å². The number of nitrogens with two attached hydrogens (primary N) is 1. The predicted octanol–water partition coefficient (Wildman–Crippen LogP) is 4.98. The van der Waals surface area contributed by atoms with Crippen LogP contribution in [0.5, 0.6) is 0 Å². The Labute approximate surface area is 179 Å². The van der Waals surface area contributed by atoms with Gasteiger partial charge in [0.05, 0.1) is 5.56 Å². The molecule has 6 heteroatoms. The summed E-state index contributed by atoms with van der Waals surface area (Å²) in [4.78, 5) is 10.7. The zero-order valence-corrected chi connectivity index (χ0v) is 16.8. The molecule has 0 radical (unpaired) electrons. The van der Waals surface area contributed by atoms with E-state index in [0.29, 0.717) is 28.8 Å². The van der Waals surface area contributed by atoms with Gasteiger partial charge in [0, 0.05) is 17.8 Å². The summed E-state index contributed by atoms with van der Waals surface area (Å²) < 4.78 is 0. The standard InChI is InChI=1S/C24H18ClN5/c25-14-15-7-9-16(10-8-15)30-23(27)21(12-11-19-17-4-1-2-5-18(17)19)29-24(30)20-6-3-13-28-22(20)26/h1-13,27H,14H2,(H2,26,28)/b21-12+,27-23?. The molecule has 146 valence electrons. The molecular formula is C24H18ClN5. The minimum absolute atomic E-state index is 0.286. The highest BCUT2D eigenvalue weighted by molar-refractivity contribution is 6.34. The smallest absolute Gasteiger partial charge is 0.157 e. The van der Waals surface area contributed by atoms with Crippen LogP contribution in [0.3, 0.4) is 0 Å². The van der Waals surface area contributed by atoms with Crippen LogP contribution in [0, 0.1) is 5.41 Å². The summed E-state index contributed by atoms with van der Waals surface area (Å²) in [5.41, 5.74) is 12.9. The number of nitrogens with zero attached hydrogens (tertiary/aromatic N) is 3. The second-order valence-corrected chi connectivity index (χ2v) is 7.30. The van der Waals surface area contributed by atoms with E-state index in [2.05, 4.69) is 17.1 Å². The number of aromatic nitrogens is 1. The van der Waals surface area contributed by atoms with E-state index < -0.39 is 0 Å². The van der Waals surface area contributed by atoms with E-state index in [0.717, 1.165) is 11.3 Å². The van der Waals surface area contributed by atoms with Gasteiger partial charge in [-0.1, -0.05) is 42.5 Å². The average Bonchev–Trinajstić information content (AvgIpc) is 3.39. The van der Waals surface area contributed by atoms with Gasteiger partial charge in [-0.25, -0.2) is 9.98 Å². The average molecular weight is 412 g/mol. The van der Waals surface area contributed by atoms with Crippen LogP contribution in [0.2, 0.25) is 0 Å². The number of fused-ring (bicyclic) bond motifs is 1. The van der Waals surface area contributed by atoms with Crippen molar-refractivity contribution in [2.24, 2.45) is 4.99 Å². The van der Waals surface area contributed by atoms with Crippen LogP contribution in [0.4, 0.5) is 11.5 Å². The highest BCUT2D eigenvalue weighted by Gasteiger charge is 2.31. The van der Waals surface area contributed by atoms with Gasteiger partial charge in [-0.2, -0.15) is 0 Å². The summed E-state index contributed by atoms with van der Waals surface area (Å²) >= 11 is 5.93. The molecule has 0 saturated carbocycles. The monoisotopic (exact) mass is 411 g/mol. The number of hydrogen-bond acceptors (Lipinski definition) is 4. The van der Waals surface area contributed by atoms with Crippen molar-refractivity contribution < 1.29 is 0 Å². The second kappa shape index (κ2) is 7.28. The minimum atomic E-state index is 0.286. The maximum atomic E-state index is 8.80. The zero-order valence-electron chi connectivity index (χ0n) is 16.0. The molecule has 5 rings (SSSR count). The van der Waals surface area contributed by atoms with Crippen LogP contribution < -0.4 is 10.6 Å². The highest BCUT2D eigenvalue weighted by atomic mass is 35.5. The van der Waals surface area contributed by atoms with Crippen molar-refractivity contribution in [1.29, 1.82) is 5.41 Å². The molecule has 3 N–H and O–H groups in total. The largest absolute Gasteiger partial charge is 0.383 e. The Balaban J connectivity index is 1.57. The third kappa shape index (κ3) is 3.09. The summed E-state index contributed by atoms with van der Waals surface area (Å²) in [7, 11) is 0. The van der Waals surface area contributed by atoms with Crippen LogP contribution in [0.15, 0.2) is 89.7 Å². The molecule has 0 atom stereocenters. The summed E-state index contributed by atoms with van der Waals surface area (Å²) in [5, 5.41) is 8.80. The summed E-state index contributed by atoms with van der Waals surface area (Å²) in [6.45, 7) is 0. The first-order chi connectivity index (χ1) is 14.7. The van der Waals surface area contributed by atoms with Crippen molar-refractivity contribution in [3.8, 4) is 0 Å². The Morgan fingerprint density at radius 3 is 2.30 bits per heavy atom. The van der Waals surface area contributed by atoms with E-state index in [-0.39, 0.29) is 5.84 Å². The fourth-order valence-electron chi connectivity index (χ4n) is 3.56. The summed E-state index contributed by atoms with van der Waals surface area (Å²) in [6, 6.07) is 19.7. The van der Waals surface area contributed by atoms with E-state index in [9.17, 15) is 0 Å². The Kier molecular flexibility index (Phi) is 4.45. The lowest BCUT2D eigenvalue weighted by atomic mass is 10.1. The number of halogens is 1. The first-order valence-electron chi connectivity index (χ1n) is 9.52. The van der Waals surface area contributed by atoms with Crippen LogP contribution >= 0.6 is 11.6 Å². The molecule has 1 aliphatic heterocycles. The van der Waals surface area contributed by atoms with E-state index >= 15 is 0 Å². The number of nitrogen functional groups attached to an aromatic ring is 1. The van der Waals surface area contributed by atoms with Crippen LogP contribution in [0.1, 0.15) is 22.3 Å². The molecule has 30 heavy (non-hydrogen) atoms. The van der Waals surface area contributed by atoms with Gasteiger partial charge in [0.15, 0.2) is 11.7 Å². The topological polar surface area (TPSA) is 78.4 Å². The maximum absolute atomic E-state index is 8.80. The normalized spacial score (nSPS) is 16.0. The van der Waals surface area contributed by atoms with Gasteiger partial charge < -0.3 is 5.73 Å². The lowest BCUT2D eigenvalue weighted by Crippen LogP contribution is -2.32. The Morgan fingerprint density at radius 1 is 0.933 bits per heavy atom. The molecule has 0 unspecified atom stereocenters. The molecule has 0 saturated heterocycles. The number of nitrogens with one attached hydrogen (secondary N) is 1. The quantitative estimate of drug-likeness (QED) is 0.465. The summed E-state index contributed by atoms with van der Waals surface area (Å²) in [6.07, 6.45) is 5.55. The maximum Gasteiger partial charge on any atom is 0.157 e. The second-order valence-electron chi connectivity index (χ2n) is 7.03. The molecule has 1 aromatic heterocycles. The van der Waals surface area contributed by atoms with E-state index in [1.807, 2.05) is 60.7 Å². The van der Waals surface area contributed by atoms with Crippen LogP contribution in [0.25, 0.3) is 5.57 Å². The van der Waals surface area contributed by atoms with Crippen molar-refractivity contribution in [2.75, 3.05) is 10.6 Å². The number of aliphatic imine (C=N–C) groups is 1. The number of rotatable bonds is 4. The van der Waals surface area contributed by atoms with Crippen LogP contribution in [-0.4, -0.2) is 16.7 Å². The number of alkyl halides is 1. The van der Waals surface area contributed by atoms with Crippen molar-refractivity contribution >= 4 is 40.4 Å². The number of pyridine rings is 1. The number of benzene rings is 2. The first kappa shape index (κ1) is 18.3. The molecule has 2 aliphatic rings. The van der Waals surface area contributed by atoms with E-state index in [1.165, 1.54) is 16.7 Å². The third-order valence-electron chi connectivity index (χ3n) is 5.19. The van der Waals surface area contributed by atoms with Crippen molar-refractivity contribution in [1.82, 2.24) is 4.98 Å². The molecule has 0 spiro atoms. The molecule has 3 aromatic rings. The highest BCUT2D eigenvalue weighted by Crippen LogP contribution is 2.42. The minimum Gasteiger partial charge on any atom is -0.383 e. The lowest BCUT2D eigenvalue weighted by Gasteiger charge is -2.21. The molecule has 2 aromatic carbocycles. The molecule has 5 nitrogen and oxygen atoms in total. The SMILES string of the molecule is N=C1/C(=C\C=C2c3ccccc32)N=C(c2cccnc2N)N1c1ccc(CCl)cc1. The van der Waals surface area contributed by atoms with Gasteiger partial charge in [-0.05, 0) is 52.6 Å².